The maximum atomic E-state index is 14.7. The number of benzene rings is 4. The van der Waals surface area contributed by atoms with Gasteiger partial charge < -0.3 is 10.2 Å². The van der Waals surface area contributed by atoms with Crippen molar-refractivity contribution in [2.75, 3.05) is 10.8 Å². The van der Waals surface area contributed by atoms with Crippen LogP contribution in [0, 0.1) is 0 Å². The Hall–Kier alpha value is -3.37. The summed E-state index contributed by atoms with van der Waals surface area (Å²) < 4.78 is 30.1. The highest BCUT2D eigenvalue weighted by atomic mass is 79.9. The van der Waals surface area contributed by atoms with E-state index < -0.39 is 28.5 Å². The Kier molecular flexibility index (Phi) is 12.0. The summed E-state index contributed by atoms with van der Waals surface area (Å²) in [7, 11) is -4.26. The Morgan fingerprint density at radius 3 is 2.06 bits per heavy atom. The van der Waals surface area contributed by atoms with Crippen molar-refractivity contribution in [1.29, 1.82) is 0 Å². The van der Waals surface area contributed by atoms with Gasteiger partial charge in [0.25, 0.3) is 10.0 Å². The number of hydrogen-bond acceptors (Lipinski definition) is 4. The van der Waals surface area contributed by atoms with E-state index >= 15 is 0 Å². The summed E-state index contributed by atoms with van der Waals surface area (Å²) in [4.78, 5) is 30.3. The zero-order valence-electron chi connectivity index (χ0n) is 25.7. The summed E-state index contributed by atoms with van der Waals surface area (Å²) in [5.41, 5.74) is 1.78. The maximum Gasteiger partial charge on any atom is 0.264 e. The molecular formula is C36H36BrCl2N3O4S. The van der Waals surface area contributed by atoms with Crippen molar-refractivity contribution in [2.24, 2.45) is 0 Å². The van der Waals surface area contributed by atoms with E-state index in [1.807, 2.05) is 54.6 Å². The highest BCUT2D eigenvalue weighted by Crippen LogP contribution is 2.30. The van der Waals surface area contributed by atoms with Crippen LogP contribution < -0.4 is 9.62 Å². The minimum atomic E-state index is -4.26. The van der Waals surface area contributed by atoms with E-state index in [2.05, 4.69) is 21.2 Å². The predicted molar refractivity (Wildman–Crippen MR) is 191 cm³/mol. The molecule has 0 heterocycles. The number of rotatable bonds is 12. The second-order valence-electron chi connectivity index (χ2n) is 11.7. The van der Waals surface area contributed by atoms with Gasteiger partial charge in [0.1, 0.15) is 12.6 Å². The van der Waals surface area contributed by atoms with Gasteiger partial charge in [0.15, 0.2) is 0 Å². The third-order valence-corrected chi connectivity index (χ3v) is 10.9. The number of carbonyl (C=O) groups is 2. The Balaban J connectivity index is 1.58. The van der Waals surface area contributed by atoms with Gasteiger partial charge >= 0.3 is 0 Å². The van der Waals surface area contributed by atoms with Gasteiger partial charge in [0.05, 0.1) is 10.6 Å². The monoisotopic (exact) mass is 755 g/mol. The zero-order valence-corrected chi connectivity index (χ0v) is 29.6. The quantitative estimate of drug-likeness (QED) is 0.159. The van der Waals surface area contributed by atoms with Crippen LogP contribution in [0.2, 0.25) is 10.0 Å². The lowest BCUT2D eigenvalue weighted by Gasteiger charge is -2.35. The van der Waals surface area contributed by atoms with Gasteiger partial charge in [-0.25, -0.2) is 8.42 Å². The smallest absolute Gasteiger partial charge is 0.264 e. The number of nitrogens with one attached hydrogen (secondary N) is 1. The molecule has 0 radical (unpaired) electrons. The highest BCUT2D eigenvalue weighted by Gasteiger charge is 2.35. The largest absolute Gasteiger partial charge is 0.352 e. The van der Waals surface area contributed by atoms with Gasteiger partial charge in [-0.2, -0.15) is 0 Å². The standard InChI is InChI=1S/C36H36BrCl2N3O4S/c37-28-14-10-13-27(19-28)24-41(34(20-26-11-4-1-5-12-26)36(44)40-31-15-6-2-7-16-31)35(43)25-42(32-22-29(38)21-30(39)23-32)47(45,46)33-17-8-3-9-18-33/h1,3-5,8-14,17-19,21-23,31,34H,2,6-7,15-16,20,24-25H2,(H,40,44). The Morgan fingerprint density at radius 1 is 0.809 bits per heavy atom. The van der Waals surface area contributed by atoms with Gasteiger partial charge in [-0.1, -0.05) is 119 Å². The van der Waals surface area contributed by atoms with E-state index in [0.29, 0.717) is 0 Å². The molecule has 0 aliphatic heterocycles. The SMILES string of the molecule is O=C(NC1CCCCC1)C(Cc1ccccc1)N(Cc1cccc(Br)c1)C(=O)CN(c1cc(Cl)cc(Cl)c1)S(=O)(=O)c1ccccc1. The fraction of sp³-hybridized carbons (Fsp3) is 0.278. The molecule has 1 unspecified atom stereocenters. The third-order valence-electron chi connectivity index (χ3n) is 8.21. The number of halogens is 3. The Labute approximate surface area is 295 Å². The molecule has 2 amide bonds. The van der Waals surface area contributed by atoms with Crippen molar-refractivity contribution >= 4 is 66.7 Å². The van der Waals surface area contributed by atoms with Gasteiger partial charge in [0, 0.05) is 33.5 Å². The molecule has 47 heavy (non-hydrogen) atoms. The van der Waals surface area contributed by atoms with Crippen LogP contribution in [0.1, 0.15) is 43.2 Å². The van der Waals surface area contributed by atoms with Crippen molar-refractivity contribution < 1.29 is 18.0 Å². The van der Waals surface area contributed by atoms with E-state index in [1.165, 1.54) is 35.2 Å². The van der Waals surface area contributed by atoms with Gasteiger partial charge in [-0.05, 0) is 66.4 Å². The van der Waals surface area contributed by atoms with Crippen LogP contribution in [0.25, 0.3) is 0 Å². The van der Waals surface area contributed by atoms with Gasteiger partial charge in [-0.3, -0.25) is 13.9 Å². The van der Waals surface area contributed by atoms with Crippen LogP contribution >= 0.6 is 39.1 Å². The van der Waals surface area contributed by atoms with Crippen molar-refractivity contribution in [3.63, 3.8) is 0 Å². The summed E-state index contributed by atoms with van der Waals surface area (Å²) in [5.74, 6) is -0.826. The Morgan fingerprint density at radius 2 is 1.43 bits per heavy atom. The van der Waals surface area contributed by atoms with Crippen LogP contribution in [0.15, 0.2) is 112 Å². The first kappa shape index (κ1) is 35.0. The molecular weight excluding hydrogens is 721 g/mol. The van der Waals surface area contributed by atoms with Crippen LogP contribution in [0.3, 0.4) is 0 Å². The van der Waals surface area contributed by atoms with Crippen molar-refractivity contribution in [3.05, 3.63) is 129 Å². The first-order valence-electron chi connectivity index (χ1n) is 15.5. The molecule has 0 aromatic heterocycles. The van der Waals surface area contributed by atoms with Crippen LogP contribution in [-0.4, -0.2) is 43.8 Å². The molecule has 4 aromatic carbocycles. The molecule has 7 nitrogen and oxygen atoms in total. The minimum absolute atomic E-state index is 0.00156. The summed E-state index contributed by atoms with van der Waals surface area (Å²) in [6, 6.07) is 28.4. The average molecular weight is 758 g/mol. The fourth-order valence-electron chi connectivity index (χ4n) is 5.86. The van der Waals surface area contributed by atoms with Crippen LogP contribution in [0.4, 0.5) is 5.69 Å². The highest BCUT2D eigenvalue weighted by molar-refractivity contribution is 9.10. The van der Waals surface area contributed by atoms with Crippen molar-refractivity contribution in [3.8, 4) is 0 Å². The number of nitrogens with zero attached hydrogens (tertiary/aromatic N) is 2. The molecule has 5 rings (SSSR count). The summed E-state index contributed by atoms with van der Waals surface area (Å²) in [5, 5.41) is 3.65. The maximum absolute atomic E-state index is 14.7. The summed E-state index contributed by atoms with van der Waals surface area (Å²) >= 11 is 16.2. The second kappa shape index (κ2) is 16.2. The van der Waals surface area contributed by atoms with Gasteiger partial charge in [0.2, 0.25) is 11.8 Å². The fourth-order valence-corrected chi connectivity index (χ4v) is 8.24. The molecule has 4 aromatic rings. The molecule has 1 saturated carbocycles. The molecule has 1 aliphatic rings. The number of hydrogen-bond donors (Lipinski definition) is 1. The van der Waals surface area contributed by atoms with Crippen molar-refractivity contribution in [2.45, 2.75) is 62.0 Å². The van der Waals surface area contributed by atoms with Gasteiger partial charge in [-0.15, -0.1) is 0 Å². The van der Waals surface area contributed by atoms with Crippen LogP contribution in [0.5, 0.6) is 0 Å². The first-order valence-corrected chi connectivity index (χ1v) is 18.5. The van der Waals surface area contributed by atoms with E-state index in [1.54, 1.807) is 18.2 Å². The molecule has 11 heteroatoms. The molecule has 1 atom stereocenters. The van der Waals surface area contributed by atoms with E-state index in [0.717, 1.165) is 52.0 Å². The number of sulfonamides is 1. The summed E-state index contributed by atoms with van der Waals surface area (Å²) in [6.45, 7) is -0.521. The molecule has 0 spiro atoms. The number of amides is 2. The summed E-state index contributed by atoms with van der Waals surface area (Å²) in [6.07, 6.45) is 5.19. The lowest BCUT2D eigenvalue weighted by Crippen LogP contribution is -2.55. The average Bonchev–Trinajstić information content (AvgIpc) is 3.06. The molecule has 1 aliphatic carbocycles. The van der Waals surface area contributed by atoms with Crippen molar-refractivity contribution in [1.82, 2.24) is 10.2 Å². The minimum Gasteiger partial charge on any atom is -0.352 e. The molecule has 246 valence electrons. The molecule has 0 saturated heterocycles. The normalized spacial score (nSPS) is 14.3. The van der Waals surface area contributed by atoms with Crippen LogP contribution in [-0.2, 0) is 32.6 Å². The number of carbonyl (C=O) groups excluding carboxylic acids is 2. The second-order valence-corrected chi connectivity index (χ2v) is 15.3. The first-order chi connectivity index (χ1) is 22.6. The number of anilines is 1. The third kappa shape index (κ3) is 9.38. The van der Waals surface area contributed by atoms with E-state index in [4.69, 9.17) is 23.2 Å². The lowest BCUT2D eigenvalue weighted by molar-refractivity contribution is -0.140. The molecule has 1 fully saturated rings. The lowest BCUT2D eigenvalue weighted by atomic mass is 9.94. The zero-order chi connectivity index (χ0) is 33.4. The van der Waals surface area contributed by atoms with E-state index in [-0.39, 0.29) is 45.5 Å². The topological polar surface area (TPSA) is 86.8 Å². The molecule has 0 bridgehead atoms. The Bertz CT molecular complexity index is 1770. The predicted octanol–water partition coefficient (Wildman–Crippen LogP) is 8.04. The van der Waals surface area contributed by atoms with E-state index in [9.17, 15) is 18.0 Å². The molecule has 1 N–H and O–H groups in total.